The van der Waals surface area contributed by atoms with Crippen molar-refractivity contribution >= 4 is 39.9 Å². The van der Waals surface area contributed by atoms with Gasteiger partial charge in [0.15, 0.2) is 5.13 Å². The van der Waals surface area contributed by atoms with Gasteiger partial charge in [-0.1, -0.05) is 23.7 Å². The van der Waals surface area contributed by atoms with Crippen molar-refractivity contribution in [3.63, 3.8) is 0 Å². The lowest BCUT2D eigenvalue weighted by molar-refractivity contribution is -0.117. The summed E-state index contributed by atoms with van der Waals surface area (Å²) >= 11 is 7.23. The molecule has 0 aliphatic rings. The number of carbonyl (C=O) groups is 2. The number of nitrogens with one attached hydrogen (secondary N) is 1. The molecule has 3 aromatic rings. The maximum atomic E-state index is 12.5. The number of rotatable bonds is 7. The van der Waals surface area contributed by atoms with E-state index in [4.69, 9.17) is 17.3 Å². The maximum Gasteiger partial charge on any atom is 0.228 e. The molecule has 2 heterocycles. The van der Waals surface area contributed by atoms with Crippen LogP contribution in [0.3, 0.4) is 0 Å². The van der Waals surface area contributed by atoms with Crippen LogP contribution in [0.4, 0.5) is 5.13 Å². The van der Waals surface area contributed by atoms with Crippen LogP contribution in [0, 0.1) is 0 Å². The van der Waals surface area contributed by atoms with Crippen LogP contribution in [0.25, 0.3) is 0 Å². The van der Waals surface area contributed by atoms with E-state index in [-0.39, 0.29) is 24.8 Å². The molecule has 134 valence electrons. The van der Waals surface area contributed by atoms with Crippen LogP contribution in [0.1, 0.15) is 23.7 Å². The largest absolute Gasteiger partial charge is 0.369 e. The topological polar surface area (TPSA) is 90.0 Å². The van der Waals surface area contributed by atoms with Crippen molar-refractivity contribution in [2.45, 2.75) is 18.9 Å². The second kappa shape index (κ2) is 8.16. The summed E-state index contributed by atoms with van der Waals surface area (Å²) in [5, 5.41) is 5.60. The lowest BCUT2D eigenvalue weighted by atomic mass is 10.0. The molecule has 0 aliphatic heterocycles. The van der Waals surface area contributed by atoms with Crippen LogP contribution >= 0.6 is 22.9 Å². The first-order valence-corrected chi connectivity index (χ1v) is 9.17. The van der Waals surface area contributed by atoms with Crippen molar-refractivity contribution < 1.29 is 9.59 Å². The Balaban J connectivity index is 1.72. The Kier molecular flexibility index (Phi) is 5.70. The average molecular weight is 389 g/mol. The minimum atomic E-state index is -0.455. The number of nitrogens with two attached hydrogens (primary N) is 1. The highest BCUT2D eigenvalue weighted by Crippen LogP contribution is 2.25. The predicted molar refractivity (Wildman–Crippen MR) is 102 cm³/mol. The van der Waals surface area contributed by atoms with Crippen molar-refractivity contribution in [1.82, 2.24) is 9.55 Å². The van der Waals surface area contributed by atoms with Gasteiger partial charge in [-0.25, -0.2) is 4.98 Å². The zero-order valence-corrected chi connectivity index (χ0v) is 15.3. The molecule has 0 unspecified atom stereocenters. The van der Waals surface area contributed by atoms with Gasteiger partial charge < -0.3 is 15.6 Å². The highest BCUT2D eigenvalue weighted by atomic mass is 35.5. The van der Waals surface area contributed by atoms with Crippen LogP contribution < -0.4 is 11.1 Å². The normalized spacial score (nSPS) is 11.9. The molecule has 0 fully saturated rings. The number of halogens is 1. The number of aromatic nitrogens is 2. The van der Waals surface area contributed by atoms with Gasteiger partial charge in [0.25, 0.3) is 0 Å². The molecule has 2 amide bonds. The van der Waals surface area contributed by atoms with E-state index in [0.717, 1.165) is 5.56 Å². The molecule has 1 aromatic carbocycles. The SMILES string of the molecule is NC(=O)Cc1csc(NC(=O)C[C@H](c2ccc(Cl)cc2)n2cccc2)n1. The molecule has 1 atom stereocenters. The second-order valence-corrected chi connectivity index (χ2v) is 7.03. The second-order valence-electron chi connectivity index (χ2n) is 5.74. The van der Waals surface area contributed by atoms with E-state index >= 15 is 0 Å². The van der Waals surface area contributed by atoms with Gasteiger partial charge in [0, 0.05) is 22.8 Å². The number of primary amides is 1. The first-order chi connectivity index (χ1) is 12.5. The highest BCUT2D eigenvalue weighted by Gasteiger charge is 2.18. The average Bonchev–Trinajstić information content (AvgIpc) is 3.25. The molecule has 26 heavy (non-hydrogen) atoms. The van der Waals surface area contributed by atoms with Crippen molar-refractivity contribution in [1.29, 1.82) is 0 Å². The standard InChI is InChI=1S/C18H17ClN4O2S/c19-13-5-3-12(4-6-13)15(23-7-1-2-8-23)10-17(25)22-18-21-14(11-26-18)9-16(20)24/h1-8,11,15H,9-10H2,(H2,20,24)(H,21,22,25)/t15-/m1/s1. The number of hydrogen-bond donors (Lipinski definition) is 2. The van der Waals surface area contributed by atoms with Gasteiger partial charge in [0.2, 0.25) is 11.8 Å². The Morgan fingerprint density at radius 3 is 2.58 bits per heavy atom. The zero-order valence-electron chi connectivity index (χ0n) is 13.8. The summed E-state index contributed by atoms with van der Waals surface area (Å²) in [7, 11) is 0. The van der Waals surface area contributed by atoms with E-state index in [2.05, 4.69) is 10.3 Å². The number of nitrogens with zero attached hydrogens (tertiary/aromatic N) is 2. The van der Waals surface area contributed by atoms with Crippen LogP contribution in [0.15, 0.2) is 54.2 Å². The van der Waals surface area contributed by atoms with E-state index < -0.39 is 5.91 Å². The summed E-state index contributed by atoms with van der Waals surface area (Å²) < 4.78 is 1.98. The minimum absolute atomic E-state index is 0.0587. The lowest BCUT2D eigenvalue weighted by Crippen LogP contribution is -2.19. The Morgan fingerprint density at radius 2 is 1.92 bits per heavy atom. The molecular weight excluding hydrogens is 372 g/mol. The van der Waals surface area contributed by atoms with E-state index in [1.807, 2.05) is 53.4 Å². The fourth-order valence-electron chi connectivity index (χ4n) is 2.61. The van der Waals surface area contributed by atoms with Gasteiger partial charge in [-0.2, -0.15) is 0 Å². The molecular formula is C18H17ClN4O2S. The molecule has 0 bridgehead atoms. The third-order valence-electron chi connectivity index (χ3n) is 3.77. The third-order valence-corrected chi connectivity index (χ3v) is 4.83. The van der Waals surface area contributed by atoms with Gasteiger partial charge >= 0.3 is 0 Å². The Morgan fingerprint density at radius 1 is 1.23 bits per heavy atom. The van der Waals surface area contributed by atoms with E-state index in [1.165, 1.54) is 11.3 Å². The van der Waals surface area contributed by atoms with Crippen LogP contribution in [-0.2, 0) is 16.0 Å². The van der Waals surface area contributed by atoms with Crippen molar-refractivity contribution in [3.8, 4) is 0 Å². The number of amides is 2. The van der Waals surface area contributed by atoms with Crippen LogP contribution in [0.2, 0.25) is 5.02 Å². The van der Waals surface area contributed by atoms with Gasteiger partial charge in [-0.15, -0.1) is 11.3 Å². The zero-order chi connectivity index (χ0) is 18.5. The minimum Gasteiger partial charge on any atom is -0.369 e. The summed E-state index contributed by atoms with van der Waals surface area (Å²) in [4.78, 5) is 27.7. The summed E-state index contributed by atoms with van der Waals surface area (Å²) in [6, 6.07) is 11.1. The van der Waals surface area contributed by atoms with Gasteiger partial charge in [-0.3, -0.25) is 9.59 Å². The number of hydrogen-bond acceptors (Lipinski definition) is 4. The monoisotopic (exact) mass is 388 g/mol. The number of carbonyl (C=O) groups excluding carboxylic acids is 2. The van der Waals surface area contributed by atoms with Crippen molar-refractivity contribution in [2.24, 2.45) is 5.73 Å². The Bertz CT molecular complexity index is 890. The molecule has 0 spiro atoms. The first-order valence-electron chi connectivity index (χ1n) is 7.92. The van der Waals surface area contributed by atoms with Gasteiger partial charge in [-0.05, 0) is 29.8 Å². The summed E-state index contributed by atoms with van der Waals surface area (Å²) in [5.41, 5.74) is 6.69. The molecule has 0 aliphatic carbocycles. The lowest BCUT2D eigenvalue weighted by Gasteiger charge is -2.19. The van der Waals surface area contributed by atoms with E-state index in [0.29, 0.717) is 15.8 Å². The molecule has 2 aromatic heterocycles. The number of benzene rings is 1. The molecule has 0 radical (unpaired) electrons. The molecule has 0 saturated carbocycles. The quantitative estimate of drug-likeness (QED) is 0.651. The summed E-state index contributed by atoms with van der Waals surface area (Å²) in [5.74, 6) is -0.623. The predicted octanol–water partition coefficient (Wildman–Crippen LogP) is 3.24. The Labute approximate surface area is 159 Å². The molecule has 3 N–H and O–H groups in total. The van der Waals surface area contributed by atoms with E-state index in [1.54, 1.807) is 5.38 Å². The number of thiazole rings is 1. The van der Waals surface area contributed by atoms with Crippen molar-refractivity contribution in [3.05, 3.63) is 70.5 Å². The fraction of sp³-hybridized carbons (Fsp3) is 0.167. The van der Waals surface area contributed by atoms with E-state index in [9.17, 15) is 9.59 Å². The first kappa shape index (κ1) is 18.2. The van der Waals surface area contributed by atoms with Crippen molar-refractivity contribution in [2.75, 3.05) is 5.32 Å². The van der Waals surface area contributed by atoms with Gasteiger partial charge in [0.1, 0.15) is 0 Å². The fourth-order valence-corrected chi connectivity index (χ4v) is 3.46. The maximum absolute atomic E-state index is 12.5. The molecule has 0 saturated heterocycles. The highest BCUT2D eigenvalue weighted by molar-refractivity contribution is 7.13. The summed E-state index contributed by atoms with van der Waals surface area (Å²) in [6.07, 6.45) is 4.13. The smallest absolute Gasteiger partial charge is 0.228 e. The van der Waals surface area contributed by atoms with Crippen LogP contribution in [0.5, 0.6) is 0 Å². The molecule has 8 heteroatoms. The summed E-state index contributed by atoms with van der Waals surface area (Å²) in [6.45, 7) is 0. The molecule has 6 nitrogen and oxygen atoms in total. The third kappa shape index (κ3) is 4.71. The van der Waals surface area contributed by atoms with Crippen LogP contribution in [-0.4, -0.2) is 21.4 Å². The molecule has 3 rings (SSSR count). The Hall–Kier alpha value is -2.64. The number of anilines is 1. The van der Waals surface area contributed by atoms with Gasteiger partial charge in [0.05, 0.1) is 24.6 Å².